The van der Waals surface area contributed by atoms with Crippen LogP contribution < -0.4 is 11.1 Å². The Labute approximate surface area is 114 Å². The van der Waals surface area contributed by atoms with Gasteiger partial charge in [-0.25, -0.2) is 4.79 Å². The Balaban J connectivity index is 2.58. The average molecular weight is 265 g/mol. The van der Waals surface area contributed by atoms with E-state index in [0.29, 0.717) is 17.4 Å². The summed E-state index contributed by atoms with van der Waals surface area (Å²) < 4.78 is 0. The summed E-state index contributed by atoms with van der Waals surface area (Å²) in [6, 6.07) is 5.23. The first-order valence-corrected chi connectivity index (χ1v) is 6.52. The van der Waals surface area contributed by atoms with Crippen molar-refractivity contribution in [1.82, 2.24) is 4.90 Å². The Morgan fingerprint density at radius 1 is 1.53 bits per heavy atom. The standard InChI is InChI=1S/C14H23N3O2/c1-4-10(2)17(3)8-7-16-13-9-11(14(18)19)5-6-12(13)15/h5-6,9-10,16H,4,7-8,15H2,1-3H3,(H,18,19). The molecular weight excluding hydrogens is 242 g/mol. The highest BCUT2D eigenvalue weighted by atomic mass is 16.4. The lowest BCUT2D eigenvalue weighted by molar-refractivity contribution is 0.0697. The smallest absolute Gasteiger partial charge is 0.335 e. The molecule has 0 fully saturated rings. The van der Waals surface area contributed by atoms with E-state index in [1.54, 1.807) is 12.1 Å². The number of carboxylic acids is 1. The Hall–Kier alpha value is -1.75. The van der Waals surface area contributed by atoms with Gasteiger partial charge in [-0.2, -0.15) is 0 Å². The summed E-state index contributed by atoms with van der Waals surface area (Å²) in [6.07, 6.45) is 1.10. The fraction of sp³-hybridized carbons (Fsp3) is 0.500. The first kappa shape index (κ1) is 15.3. The van der Waals surface area contributed by atoms with E-state index in [1.165, 1.54) is 6.07 Å². The van der Waals surface area contributed by atoms with Crippen LogP contribution in [0, 0.1) is 0 Å². The third-order valence-corrected chi connectivity index (χ3v) is 3.42. The molecule has 5 nitrogen and oxygen atoms in total. The zero-order valence-electron chi connectivity index (χ0n) is 11.8. The molecule has 1 atom stereocenters. The number of nitrogens with one attached hydrogen (secondary N) is 1. The van der Waals surface area contributed by atoms with Crippen LogP contribution in [0.1, 0.15) is 30.6 Å². The maximum atomic E-state index is 10.9. The minimum atomic E-state index is -0.945. The number of carbonyl (C=O) groups is 1. The SMILES string of the molecule is CCC(C)N(C)CCNc1cc(C(=O)O)ccc1N. The molecule has 0 aliphatic carbocycles. The Kier molecular flexibility index (Phi) is 5.63. The summed E-state index contributed by atoms with van der Waals surface area (Å²) in [7, 11) is 2.08. The van der Waals surface area contributed by atoms with E-state index in [-0.39, 0.29) is 5.56 Å². The molecule has 0 aliphatic heterocycles. The van der Waals surface area contributed by atoms with Crippen molar-refractivity contribution in [2.75, 3.05) is 31.2 Å². The third kappa shape index (κ3) is 4.44. The molecule has 0 saturated heterocycles. The predicted octanol–water partition coefficient (Wildman–Crippen LogP) is 2.11. The second-order valence-corrected chi connectivity index (χ2v) is 4.77. The summed E-state index contributed by atoms with van der Waals surface area (Å²) in [5.74, 6) is -0.945. The second-order valence-electron chi connectivity index (χ2n) is 4.77. The van der Waals surface area contributed by atoms with Crippen LogP contribution in [0.2, 0.25) is 0 Å². The number of hydrogen-bond acceptors (Lipinski definition) is 4. The lowest BCUT2D eigenvalue weighted by Crippen LogP contribution is -2.32. The van der Waals surface area contributed by atoms with E-state index in [2.05, 4.69) is 31.1 Å². The maximum absolute atomic E-state index is 10.9. The van der Waals surface area contributed by atoms with Crippen LogP contribution in [0.5, 0.6) is 0 Å². The van der Waals surface area contributed by atoms with Gasteiger partial charge in [0.2, 0.25) is 0 Å². The van der Waals surface area contributed by atoms with Crippen molar-refractivity contribution in [1.29, 1.82) is 0 Å². The molecule has 0 saturated carbocycles. The zero-order chi connectivity index (χ0) is 14.4. The van der Waals surface area contributed by atoms with E-state index < -0.39 is 5.97 Å². The molecule has 5 heteroatoms. The number of anilines is 2. The van der Waals surface area contributed by atoms with Crippen molar-refractivity contribution in [2.45, 2.75) is 26.3 Å². The minimum absolute atomic E-state index is 0.243. The predicted molar refractivity (Wildman–Crippen MR) is 78.7 cm³/mol. The van der Waals surface area contributed by atoms with Crippen molar-refractivity contribution in [3.63, 3.8) is 0 Å². The molecule has 4 N–H and O–H groups in total. The van der Waals surface area contributed by atoms with Gasteiger partial charge in [-0.3, -0.25) is 0 Å². The number of rotatable bonds is 7. The highest BCUT2D eigenvalue weighted by Crippen LogP contribution is 2.19. The fourth-order valence-corrected chi connectivity index (χ4v) is 1.74. The summed E-state index contributed by atoms with van der Waals surface area (Å²) in [5.41, 5.74) is 7.31. The molecule has 1 aromatic rings. The monoisotopic (exact) mass is 265 g/mol. The van der Waals surface area contributed by atoms with Gasteiger partial charge >= 0.3 is 5.97 Å². The third-order valence-electron chi connectivity index (χ3n) is 3.42. The summed E-state index contributed by atoms with van der Waals surface area (Å²) in [4.78, 5) is 13.2. The molecule has 0 aliphatic rings. The highest BCUT2D eigenvalue weighted by Gasteiger charge is 2.08. The Bertz CT molecular complexity index is 435. The number of likely N-dealkylation sites (N-methyl/N-ethyl adjacent to an activating group) is 1. The van der Waals surface area contributed by atoms with Crippen LogP contribution >= 0.6 is 0 Å². The molecule has 0 amide bonds. The first-order chi connectivity index (χ1) is 8.95. The van der Waals surface area contributed by atoms with Gasteiger partial charge in [0.15, 0.2) is 0 Å². The lowest BCUT2D eigenvalue weighted by atomic mass is 10.1. The average Bonchev–Trinajstić information content (AvgIpc) is 2.39. The van der Waals surface area contributed by atoms with Gasteiger partial charge in [-0.05, 0) is 38.6 Å². The molecule has 0 aromatic heterocycles. The highest BCUT2D eigenvalue weighted by molar-refractivity contribution is 5.90. The van der Waals surface area contributed by atoms with E-state index in [4.69, 9.17) is 10.8 Å². The van der Waals surface area contributed by atoms with Gasteiger partial charge in [0, 0.05) is 19.1 Å². The molecule has 0 spiro atoms. The van der Waals surface area contributed by atoms with E-state index in [1.807, 2.05) is 0 Å². The largest absolute Gasteiger partial charge is 0.478 e. The van der Waals surface area contributed by atoms with E-state index >= 15 is 0 Å². The van der Waals surface area contributed by atoms with Crippen molar-refractivity contribution >= 4 is 17.3 Å². The molecule has 19 heavy (non-hydrogen) atoms. The molecule has 1 rings (SSSR count). The molecule has 1 unspecified atom stereocenters. The first-order valence-electron chi connectivity index (χ1n) is 6.52. The van der Waals surface area contributed by atoms with Crippen LogP contribution in [0.25, 0.3) is 0 Å². The number of nitrogens with zero attached hydrogens (tertiary/aromatic N) is 1. The van der Waals surface area contributed by atoms with Crippen LogP contribution in [0.15, 0.2) is 18.2 Å². The second kappa shape index (κ2) is 6.99. The van der Waals surface area contributed by atoms with Crippen LogP contribution in [0.3, 0.4) is 0 Å². The molecule has 0 bridgehead atoms. The minimum Gasteiger partial charge on any atom is -0.478 e. The quantitative estimate of drug-likeness (QED) is 0.658. The van der Waals surface area contributed by atoms with Gasteiger partial charge < -0.3 is 21.1 Å². The molecule has 1 aromatic carbocycles. The van der Waals surface area contributed by atoms with Crippen molar-refractivity contribution in [3.05, 3.63) is 23.8 Å². The number of nitrogens with two attached hydrogens (primary N) is 1. The Morgan fingerprint density at radius 2 is 2.21 bits per heavy atom. The van der Waals surface area contributed by atoms with Crippen LogP contribution in [-0.2, 0) is 0 Å². The molecule has 0 heterocycles. The van der Waals surface area contributed by atoms with Gasteiger partial charge in [0.25, 0.3) is 0 Å². The number of benzene rings is 1. The molecular formula is C14H23N3O2. The molecule has 106 valence electrons. The van der Waals surface area contributed by atoms with Crippen molar-refractivity contribution < 1.29 is 9.90 Å². The number of hydrogen-bond donors (Lipinski definition) is 3. The number of carboxylic acid groups (broad SMARTS) is 1. The Morgan fingerprint density at radius 3 is 2.79 bits per heavy atom. The van der Waals surface area contributed by atoms with Gasteiger partial charge in [0.05, 0.1) is 16.9 Å². The van der Waals surface area contributed by atoms with E-state index in [9.17, 15) is 4.79 Å². The van der Waals surface area contributed by atoms with Crippen molar-refractivity contribution in [2.24, 2.45) is 0 Å². The van der Waals surface area contributed by atoms with Gasteiger partial charge in [-0.1, -0.05) is 6.92 Å². The van der Waals surface area contributed by atoms with E-state index in [0.717, 1.165) is 19.5 Å². The summed E-state index contributed by atoms with van der Waals surface area (Å²) in [6.45, 7) is 5.95. The van der Waals surface area contributed by atoms with Gasteiger partial charge in [-0.15, -0.1) is 0 Å². The number of nitrogen functional groups attached to an aromatic ring is 1. The zero-order valence-corrected chi connectivity index (χ0v) is 11.8. The van der Waals surface area contributed by atoms with Gasteiger partial charge in [0.1, 0.15) is 0 Å². The summed E-state index contributed by atoms with van der Waals surface area (Å²) in [5, 5.41) is 12.1. The molecule has 0 radical (unpaired) electrons. The van der Waals surface area contributed by atoms with Crippen molar-refractivity contribution in [3.8, 4) is 0 Å². The topological polar surface area (TPSA) is 78.6 Å². The van der Waals surface area contributed by atoms with Crippen LogP contribution in [-0.4, -0.2) is 42.2 Å². The number of aromatic carboxylic acids is 1. The maximum Gasteiger partial charge on any atom is 0.335 e. The lowest BCUT2D eigenvalue weighted by Gasteiger charge is -2.23. The fourth-order valence-electron chi connectivity index (χ4n) is 1.74. The normalized spacial score (nSPS) is 12.4. The van der Waals surface area contributed by atoms with Crippen LogP contribution in [0.4, 0.5) is 11.4 Å². The summed E-state index contributed by atoms with van der Waals surface area (Å²) >= 11 is 0.